The van der Waals surface area contributed by atoms with Crippen molar-refractivity contribution < 1.29 is 32.3 Å². The summed E-state index contributed by atoms with van der Waals surface area (Å²) in [6.45, 7) is 5.34. The first-order valence-corrected chi connectivity index (χ1v) is 17.0. The lowest BCUT2D eigenvalue weighted by Crippen LogP contribution is -2.59. The van der Waals surface area contributed by atoms with E-state index in [9.17, 15) is 23.2 Å². The first-order valence-electron chi connectivity index (χ1n) is 17.0. The molecule has 1 spiro atoms. The molecule has 0 bridgehead atoms. The van der Waals surface area contributed by atoms with Gasteiger partial charge in [0.15, 0.2) is 11.5 Å². The molecule has 5 aromatic rings. The first-order chi connectivity index (χ1) is 25.2. The number of anilines is 4. The van der Waals surface area contributed by atoms with Crippen molar-refractivity contribution in [1.82, 2.24) is 9.97 Å². The summed E-state index contributed by atoms with van der Waals surface area (Å²) in [5.74, 6) is -2.44. The predicted molar refractivity (Wildman–Crippen MR) is 190 cm³/mol. The molecule has 2 fully saturated rings. The standard InChI is InChI=1S/C39H34F2N6O5/c1-23-18-27(35(43-20-23)46-21-39(22-46)12-16-51-17-13-39)36(48)44-26-9-7-24(8-10-26)38(50)47-15-11-25-19-31(52-34(25)33-30(47)6-3-14-42-33)37(49)45-32-28(40)4-2-5-29(32)41/h2-10,14,18-20H,11-13,15-17,21-22H2,1H3,(H,44,48)(H,45,49). The molecule has 0 aliphatic carbocycles. The molecular weight excluding hydrogens is 670 g/mol. The molecule has 0 unspecified atom stereocenters. The Hall–Kier alpha value is -5.95. The maximum atomic E-state index is 14.2. The van der Waals surface area contributed by atoms with Crippen molar-refractivity contribution in [2.45, 2.75) is 26.2 Å². The minimum atomic E-state index is -0.915. The van der Waals surface area contributed by atoms with E-state index in [1.54, 1.807) is 53.7 Å². The van der Waals surface area contributed by atoms with Gasteiger partial charge in [-0.1, -0.05) is 6.07 Å². The predicted octanol–water partition coefficient (Wildman–Crippen LogP) is 6.65. The Morgan fingerprint density at radius 1 is 0.885 bits per heavy atom. The van der Waals surface area contributed by atoms with E-state index in [2.05, 4.69) is 25.5 Å². The van der Waals surface area contributed by atoms with Crippen LogP contribution in [0.3, 0.4) is 0 Å². The number of nitrogens with one attached hydrogen (secondary N) is 2. The van der Waals surface area contributed by atoms with E-state index in [0.717, 1.165) is 56.8 Å². The number of hydrogen-bond donors (Lipinski definition) is 2. The number of aromatic nitrogens is 2. The van der Waals surface area contributed by atoms with E-state index in [4.69, 9.17) is 9.15 Å². The number of hydrogen-bond acceptors (Lipinski definition) is 8. The highest BCUT2D eigenvalue weighted by Crippen LogP contribution is 2.43. The number of aryl methyl sites for hydroxylation is 1. The number of ether oxygens (including phenoxy) is 1. The van der Waals surface area contributed by atoms with Crippen LogP contribution in [0.5, 0.6) is 0 Å². The van der Waals surface area contributed by atoms with Gasteiger partial charge in [-0.2, -0.15) is 0 Å². The smallest absolute Gasteiger partial charge is 0.291 e. The molecule has 52 heavy (non-hydrogen) atoms. The third-order valence-electron chi connectivity index (χ3n) is 9.92. The summed E-state index contributed by atoms with van der Waals surface area (Å²) in [6.07, 6.45) is 5.65. The van der Waals surface area contributed by atoms with Gasteiger partial charge in [-0.15, -0.1) is 0 Å². The van der Waals surface area contributed by atoms with Gasteiger partial charge in [0.1, 0.15) is 28.8 Å². The van der Waals surface area contributed by atoms with Gasteiger partial charge in [0.05, 0.1) is 11.3 Å². The van der Waals surface area contributed by atoms with Crippen molar-refractivity contribution in [2.24, 2.45) is 5.41 Å². The molecule has 2 saturated heterocycles. The summed E-state index contributed by atoms with van der Waals surface area (Å²) in [4.78, 5) is 53.3. The van der Waals surface area contributed by atoms with Crippen LogP contribution in [0.2, 0.25) is 0 Å². The van der Waals surface area contributed by atoms with Crippen molar-refractivity contribution in [2.75, 3.05) is 53.3 Å². The van der Waals surface area contributed by atoms with Crippen molar-refractivity contribution >= 4 is 40.6 Å². The number of halogens is 2. The Labute approximate surface area is 297 Å². The van der Waals surface area contributed by atoms with Gasteiger partial charge in [0, 0.05) is 67.5 Å². The summed E-state index contributed by atoms with van der Waals surface area (Å²) in [5.41, 5.74) is 3.35. The Morgan fingerprint density at radius 2 is 1.63 bits per heavy atom. The minimum absolute atomic E-state index is 0.150. The summed E-state index contributed by atoms with van der Waals surface area (Å²) in [5, 5.41) is 5.21. The molecule has 3 amide bonds. The molecule has 3 aromatic heterocycles. The van der Waals surface area contributed by atoms with E-state index in [1.165, 1.54) is 12.1 Å². The van der Waals surface area contributed by atoms with E-state index in [0.29, 0.717) is 46.0 Å². The van der Waals surface area contributed by atoms with Crippen LogP contribution in [0.25, 0.3) is 11.5 Å². The molecule has 13 heteroatoms. The lowest BCUT2D eigenvalue weighted by atomic mass is 9.73. The molecular formula is C39H34F2N6O5. The summed E-state index contributed by atoms with van der Waals surface area (Å²) < 4.78 is 39.8. The average Bonchev–Trinajstić information content (AvgIpc) is 3.51. The van der Waals surface area contributed by atoms with Crippen molar-refractivity contribution in [1.29, 1.82) is 0 Å². The number of amides is 3. The normalized spacial score (nSPS) is 16.0. The second kappa shape index (κ2) is 13.3. The Kier molecular flexibility index (Phi) is 8.50. The second-order valence-electron chi connectivity index (χ2n) is 13.5. The van der Waals surface area contributed by atoms with E-state index in [1.807, 2.05) is 13.0 Å². The van der Waals surface area contributed by atoms with Gasteiger partial charge in [-0.3, -0.25) is 19.4 Å². The molecule has 2 aromatic carbocycles. The summed E-state index contributed by atoms with van der Waals surface area (Å²) in [7, 11) is 0. The molecule has 0 saturated carbocycles. The Bertz CT molecular complexity index is 2190. The van der Waals surface area contributed by atoms with Crippen LogP contribution in [0, 0.1) is 24.0 Å². The van der Waals surface area contributed by atoms with Gasteiger partial charge in [-0.05, 0) is 92.4 Å². The molecule has 0 radical (unpaired) electrons. The third-order valence-corrected chi connectivity index (χ3v) is 9.92. The summed E-state index contributed by atoms with van der Waals surface area (Å²) >= 11 is 0. The molecule has 11 nitrogen and oxygen atoms in total. The van der Waals surface area contributed by atoms with Crippen LogP contribution in [0.15, 0.2) is 83.5 Å². The maximum Gasteiger partial charge on any atom is 0.291 e. The van der Waals surface area contributed by atoms with Crippen LogP contribution in [-0.2, 0) is 11.2 Å². The Balaban J connectivity index is 0.976. The number of pyridine rings is 2. The third kappa shape index (κ3) is 6.17. The first kappa shape index (κ1) is 33.2. The maximum absolute atomic E-state index is 14.2. The van der Waals surface area contributed by atoms with Crippen molar-refractivity contribution in [3.63, 3.8) is 0 Å². The van der Waals surface area contributed by atoms with E-state index in [-0.39, 0.29) is 35.3 Å². The van der Waals surface area contributed by atoms with E-state index >= 15 is 0 Å². The largest absolute Gasteiger partial charge is 0.449 e. The van der Waals surface area contributed by atoms with Crippen LogP contribution in [0.1, 0.15) is 55.2 Å². The molecule has 8 rings (SSSR count). The van der Waals surface area contributed by atoms with Crippen molar-refractivity contribution in [3.05, 3.63) is 119 Å². The molecule has 3 aliphatic heterocycles. The fraction of sp³-hybridized carbons (Fsp3) is 0.256. The minimum Gasteiger partial charge on any atom is -0.449 e. The number of carbonyl (C=O) groups is 3. The lowest BCUT2D eigenvalue weighted by molar-refractivity contribution is -0.000511. The number of fused-ring (bicyclic) bond motifs is 3. The highest BCUT2D eigenvalue weighted by Gasteiger charge is 2.45. The van der Waals surface area contributed by atoms with Crippen LogP contribution >= 0.6 is 0 Å². The highest BCUT2D eigenvalue weighted by atomic mass is 19.1. The topological polar surface area (TPSA) is 130 Å². The second-order valence-corrected chi connectivity index (χ2v) is 13.5. The average molecular weight is 705 g/mol. The van der Waals surface area contributed by atoms with Crippen LogP contribution in [-0.4, -0.2) is 60.5 Å². The van der Waals surface area contributed by atoms with Gasteiger partial charge in [0.2, 0.25) is 0 Å². The van der Waals surface area contributed by atoms with Crippen molar-refractivity contribution in [3.8, 4) is 11.5 Å². The molecule has 264 valence electrons. The molecule has 3 aliphatic rings. The van der Waals surface area contributed by atoms with Gasteiger partial charge in [-0.25, -0.2) is 13.8 Å². The molecule has 6 heterocycles. The SMILES string of the molecule is Cc1cnc(N2CC3(CCOCC3)C2)c(C(=O)Nc2ccc(C(=O)N3CCc4cc(C(=O)Nc5c(F)cccc5F)oc4-c4ncccc43)cc2)c1. The fourth-order valence-electron chi connectivity index (χ4n) is 7.14. The zero-order valence-electron chi connectivity index (χ0n) is 28.2. The fourth-order valence-corrected chi connectivity index (χ4v) is 7.14. The monoisotopic (exact) mass is 704 g/mol. The van der Waals surface area contributed by atoms with Gasteiger partial charge < -0.3 is 29.6 Å². The quantitative estimate of drug-likeness (QED) is 0.201. The summed E-state index contributed by atoms with van der Waals surface area (Å²) in [6, 6.07) is 16.7. The zero-order valence-corrected chi connectivity index (χ0v) is 28.2. The molecule has 2 N–H and O–H groups in total. The lowest BCUT2D eigenvalue weighted by Gasteiger charge is -2.53. The number of furan rings is 1. The highest BCUT2D eigenvalue weighted by molar-refractivity contribution is 6.10. The number of carbonyl (C=O) groups excluding carboxylic acids is 3. The zero-order chi connectivity index (χ0) is 36.0. The number of benzene rings is 2. The number of rotatable bonds is 6. The van der Waals surface area contributed by atoms with Crippen LogP contribution < -0.4 is 20.4 Å². The number of para-hydroxylation sites is 1. The Morgan fingerprint density at radius 3 is 2.38 bits per heavy atom. The van der Waals surface area contributed by atoms with Gasteiger partial charge in [0.25, 0.3) is 17.7 Å². The van der Waals surface area contributed by atoms with Crippen LogP contribution in [0.4, 0.5) is 31.7 Å². The van der Waals surface area contributed by atoms with E-state index < -0.39 is 23.2 Å². The molecule has 0 atom stereocenters. The number of nitrogens with zero attached hydrogens (tertiary/aromatic N) is 4. The van der Waals surface area contributed by atoms with Gasteiger partial charge >= 0.3 is 0 Å².